The van der Waals surface area contributed by atoms with Gasteiger partial charge in [0.2, 0.25) is 0 Å². The Morgan fingerprint density at radius 2 is 1.73 bits per heavy atom. The van der Waals surface area contributed by atoms with Crippen LogP contribution in [0.3, 0.4) is 0 Å². The lowest BCUT2D eigenvalue weighted by molar-refractivity contribution is -0.127. The van der Waals surface area contributed by atoms with Crippen molar-refractivity contribution in [1.82, 2.24) is 15.1 Å². The van der Waals surface area contributed by atoms with Crippen LogP contribution >= 0.6 is 23.2 Å². The predicted octanol–water partition coefficient (Wildman–Crippen LogP) is 7.51. The van der Waals surface area contributed by atoms with E-state index < -0.39 is 5.97 Å². The van der Waals surface area contributed by atoms with Gasteiger partial charge >= 0.3 is 5.97 Å². The van der Waals surface area contributed by atoms with Crippen LogP contribution in [0, 0.1) is 0 Å². The lowest BCUT2D eigenvalue weighted by atomic mass is 9.57. The van der Waals surface area contributed by atoms with Gasteiger partial charge in [-0.05, 0) is 75.6 Å². The molecule has 44 heavy (non-hydrogen) atoms. The Bertz CT molecular complexity index is 1740. The lowest BCUT2D eigenvalue weighted by Gasteiger charge is -2.53. The van der Waals surface area contributed by atoms with Crippen LogP contribution < -0.4 is 4.74 Å². The van der Waals surface area contributed by atoms with Crippen molar-refractivity contribution in [2.45, 2.75) is 81.0 Å². The fourth-order valence-electron chi connectivity index (χ4n) is 7.17. The van der Waals surface area contributed by atoms with Gasteiger partial charge in [-0.2, -0.15) is 0 Å². The number of hydrogen-bond acceptors (Lipinski definition) is 8. The highest BCUT2D eigenvalue weighted by Crippen LogP contribution is 2.56. The minimum absolute atomic E-state index is 0.0448. The number of carboxylic acid groups (broad SMARTS) is 1. The number of aromatic nitrogens is 3. The number of hydrogen-bond donors (Lipinski definition) is 1. The van der Waals surface area contributed by atoms with Crippen molar-refractivity contribution in [2.75, 3.05) is 13.2 Å². The molecule has 11 heteroatoms. The topological polar surface area (TPSA) is 117 Å². The highest BCUT2D eigenvalue weighted by atomic mass is 35.5. The molecular formula is C33H31Cl2N3O6. The van der Waals surface area contributed by atoms with Crippen LogP contribution in [0.25, 0.3) is 22.2 Å². The van der Waals surface area contributed by atoms with Crippen molar-refractivity contribution < 1.29 is 28.6 Å². The fourth-order valence-corrected chi connectivity index (χ4v) is 7.71. The minimum Gasteiger partial charge on any atom is -0.483 e. The summed E-state index contributed by atoms with van der Waals surface area (Å²) >= 11 is 13.0. The van der Waals surface area contributed by atoms with Gasteiger partial charge in [-0.25, -0.2) is 9.78 Å². The number of carbonyl (C=O) groups is 1. The molecule has 4 aliphatic carbocycles. The molecule has 1 saturated heterocycles. The van der Waals surface area contributed by atoms with Crippen molar-refractivity contribution in [3.05, 3.63) is 69.3 Å². The molecule has 1 N–H and O–H groups in total. The number of aromatic carboxylic acids is 1. The molecule has 2 bridgehead atoms. The molecule has 4 aromatic rings. The molecular weight excluding hydrogens is 605 g/mol. The molecule has 9 nitrogen and oxygen atoms in total. The smallest absolute Gasteiger partial charge is 0.336 e. The Hall–Kier alpha value is -3.24. The Morgan fingerprint density at radius 1 is 1.00 bits per heavy atom. The van der Waals surface area contributed by atoms with Gasteiger partial charge in [-0.3, -0.25) is 4.98 Å². The van der Waals surface area contributed by atoms with Crippen molar-refractivity contribution in [3.8, 4) is 17.0 Å². The normalized spacial score (nSPS) is 24.9. The van der Waals surface area contributed by atoms with E-state index in [1.807, 2.05) is 12.1 Å². The van der Waals surface area contributed by atoms with Gasteiger partial charge in [0.15, 0.2) is 0 Å². The second-order valence-electron chi connectivity index (χ2n) is 12.7. The quantitative estimate of drug-likeness (QED) is 0.199. The molecule has 0 unspecified atom stereocenters. The van der Waals surface area contributed by atoms with Gasteiger partial charge in [0.25, 0.3) is 0 Å². The molecule has 9 rings (SSSR count). The van der Waals surface area contributed by atoms with Gasteiger partial charge in [0, 0.05) is 45.9 Å². The minimum atomic E-state index is -0.979. The number of halogens is 2. The highest BCUT2D eigenvalue weighted by molar-refractivity contribution is 6.38. The number of benzene rings is 1. The molecule has 0 spiro atoms. The second-order valence-corrected chi connectivity index (χ2v) is 13.5. The highest BCUT2D eigenvalue weighted by Gasteiger charge is 2.51. The summed E-state index contributed by atoms with van der Waals surface area (Å²) in [7, 11) is 0. The maximum atomic E-state index is 12.0. The van der Waals surface area contributed by atoms with Crippen LogP contribution in [0.5, 0.6) is 5.75 Å². The molecule has 3 aromatic heterocycles. The monoisotopic (exact) mass is 635 g/mol. The van der Waals surface area contributed by atoms with Crippen LogP contribution in [0.15, 0.2) is 41.2 Å². The zero-order valence-electron chi connectivity index (χ0n) is 24.0. The molecule has 228 valence electrons. The Kier molecular flexibility index (Phi) is 6.86. The van der Waals surface area contributed by atoms with Crippen molar-refractivity contribution in [3.63, 3.8) is 0 Å². The first-order valence-corrected chi connectivity index (χ1v) is 15.9. The molecule has 0 atom stereocenters. The predicted molar refractivity (Wildman–Crippen MR) is 163 cm³/mol. The number of ether oxygens (including phenoxy) is 3. The zero-order chi connectivity index (χ0) is 30.1. The summed E-state index contributed by atoms with van der Waals surface area (Å²) in [4.78, 5) is 21.2. The molecule has 4 saturated carbocycles. The largest absolute Gasteiger partial charge is 0.483 e. The summed E-state index contributed by atoms with van der Waals surface area (Å²) in [6.45, 7) is 1.43. The molecule has 1 aliphatic heterocycles. The maximum Gasteiger partial charge on any atom is 0.336 e. The number of fused-ring (bicyclic) bond motifs is 4. The van der Waals surface area contributed by atoms with E-state index in [-0.39, 0.29) is 22.7 Å². The van der Waals surface area contributed by atoms with Crippen LogP contribution in [0.4, 0.5) is 0 Å². The average Bonchev–Trinajstić information content (AvgIpc) is 3.78. The van der Waals surface area contributed by atoms with E-state index in [1.165, 1.54) is 0 Å². The van der Waals surface area contributed by atoms with E-state index in [0.717, 1.165) is 68.4 Å². The first kappa shape index (κ1) is 28.2. The molecule has 0 amide bonds. The number of pyridine rings is 2. The van der Waals surface area contributed by atoms with Crippen LogP contribution in [0.1, 0.15) is 84.7 Å². The number of nitrogens with zero attached hydrogens (tertiary/aromatic N) is 3. The average molecular weight is 637 g/mol. The molecule has 5 aliphatic rings. The third-order valence-electron chi connectivity index (χ3n) is 10.1. The third kappa shape index (κ3) is 4.76. The number of carboxylic acids is 1. The van der Waals surface area contributed by atoms with Crippen LogP contribution in [-0.2, 0) is 21.5 Å². The van der Waals surface area contributed by atoms with Crippen LogP contribution in [-0.4, -0.2) is 51.1 Å². The summed E-state index contributed by atoms with van der Waals surface area (Å²) in [5.74, 6) is 0.844. The summed E-state index contributed by atoms with van der Waals surface area (Å²) in [6, 6.07) is 7.23. The van der Waals surface area contributed by atoms with Crippen LogP contribution in [0.2, 0.25) is 10.0 Å². The first-order chi connectivity index (χ1) is 21.3. The Balaban J connectivity index is 1.05. The van der Waals surface area contributed by atoms with E-state index in [2.05, 4.69) is 10.1 Å². The molecule has 0 radical (unpaired) electrons. The SMILES string of the molecule is O=C(O)c1ccc(OC2COC2)c2nc(C34CCC(OCc5c(-c6c(Cl)cncc6Cl)noc5C5CC5)(CC3)CC4)ccc12. The lowest BCUT2D eigenvalue weighted by Crippen LogP contribution is -2.50. The molecule has 4 heterocycles. The summed E-state index contributed by atoms with van der Waals surface area (Å²) < 4.78 is 24.1. The van der Waals surface area contributed by atoms with Crippen molar-refractivity contribution in [1.29, 1.82) is 0 Å². The molecule has 1 aromatic carbocycles. The standard InChI is InChI=1S/C33H31Cl2N3O6/c34-23-13-36-14-24(35)27(23)29-22(30(44-38-29)18-1-2-18)17-42-33-10-7-32(8-11-33,9-12-33)26-6-4-20-21(31(39)40)3-5-25(28(20)37-26)43-19-15-41-16-19/h3-6,13-14,18-19H,1-2,7-12,15-17H2,(H,39,40). The van der Waals surface area contributed by atoms with Gasteiger partial charge in [-0.1, -0.05) is 28.4 Å². The Labute approximate surface area is 263 Å². The third-order valence-corrected chi connectivity index (χ3v) is 10.6. The van der Waals surface area contributed by atoms with E-state index in [1.54, 1.807) is 24.5 Å². The van der Waals surface area contributed by atoms with Gasteiger partial charge < -0.3 is 23.8 Å². The Morgan fingerprint density at radius 3 is 2.36 bits per heavy atom. The zero-order valence-corrected chi connectivity index (χ0v) is 25.5. The van der Waals surface area contributed by atoms with Gasteiger partial charge in [0.1, 0.15) is 28.8 Å². The fraction of sp³-hybridized carbons (Fsp3) is 0.455. The summed E-state index contributed by atoms with van der Waals surface area (Å²) in [5.41, 5.74) is 3.68. The van der Waals surface area contributed by atoms with E-state index >= 15 is 0 Å². The first-order valence-electron chi connectivity index (χ1n) is 15.2. The second kappa shape index (κ2) is 10.7. The molecule has 5 fully saturated rings. The van der Waals surface area contributed by atoms with E-state index in [4.69, 9.17) is 46.9 Å². The summed E-state index contributed by atoms with van der Waals surface area (Å²) in [6.07, 6.45) is 10.8. The maximum absolute atomic E-state index is 12.0. The van der Waals surface area contributed by atoms with Gasteiger partial charge in [-0.15, -0.1) is 0 Å². The van der Waals surface area contributed by atoms with Crippen molar-refractivity contribution >= 4 is 40.1 Å². The van der Waals surface area contributed by atoms with Gasteiger partial charge in [0.05, 0.1) is 41.0 Å². The van der Waals surface area contributed by atoms with E-state index in [0.29, 0.717) is 63.7 Å². The van der Waals surface area contributed by atoms with E-state index in [9.17, 15) is 9.90 Å². The number of rotatable bonds is 9. The summed E-state index contributed by atoms with van der Waals surface area (Å²) in [5, 5.41) is 15.7. The van der Waals surface area contributed by atoms with Crippen molar-refractivity contribution in [2.24, 2.45) is 0 Å².